The van der Waals surface area contributed by atoms with Crippen LogP contribution in [0.5, 0.6) is 0 Å². The zero-order valence-electron chi connectivity index (χ0n) is 13.4. The lowest BCUT2D eigenvalue weighted by Gasteiger charge is -2.10. The van der Waals surface area contributed by atoms with Crippen molar-refractivity contribution in [3.63, 3.8) is 0 Å². The number of anilines is 1. The number of H-pyrrole nitrogens is 1. The van der Waals surface area contributed by atoms with E-state index >= 15 is 0 Å². The van der Waals surface area contributed by atoms with Crippen molar-refractivity contribution in [2.45, 2.75) is 40.5 Å². The topological polar surface area (TPSA) is 74.8 Å². The van der Waals surface area contributed by atoms with Gasteiger partial charge in [-0.2, -0.15) is 0 Å². The molecule has 5 heteroatoms. The number of aromatic amines is 1. The molecule has 0 spiro atoms. The molecule has 5 nitrogen and oxygen atoms in total. The molecule has 0 saturated heterocycles. The van der Waals surface area contributed by atoms with E-state index in [1.807, 2.05) is 32.0 Å². The number of hydrogen-bond acceptors (Lipinski definition) is 3. The van der Waals surface area contributed by atoms with E-state index in [1.54, 1.807) is 13.8 Å². The fraction of sp³-hybridized carbons (Fsp3) is 0.353. The number of amides is 1. The van der Waals surface area contributed by atoms with Gasteiger partial charge in [-0.3, -0.25) is 9.59 Å². The number of nitrogens with one attached hydrogen (secondary N) is 2. The summed E-state index contributed by atoms with van der Waals surface area (Å²) in [5.41, 5.74) is 4.02. The highest BCUT2D eigenvalue weighted by molar-refractivity contribution is 5.91. The minimum absolute atomic E-state index is 0.104. The monoisotopic (exact) mass is 299 g/mol. The zero-order valence-corrected chi connectivity index (χ0v) is 13.4. The van der Waals surface area contributed by atoms with Gasteiger partial charge in [-0.25, -0.2) is 4.98 Å². The van der Waals surface area contributed by atoms with Crippen molar-refractivity contribution in [3.05, 3.63) is 56.8 Å². The van der Waals surface area contributed by atoms with Crippen molar-refractivity contribution >= 4 is 11.6 Å². The lowest BCUT2D eigenvalue weighted by molar-refractivity contribution is -0.116. The molecule has 0 radical (unpaired) electrons. The highest BCUT2D eigenvalue weighted by Crippen LogP contribution is 2.16. The van der Waals surface area contributed by atoms with E-state index in [2.05, 4.69) is 15.3 Å². The van der Waals surface area contributed by atoms with Gasteiger partial charge in [-0.1, -0.05) is 12.1 Å². The number of aromatic nitrogens is 2. The first-order valence-corrected chi connectivity index (χ1v) is 7.30. The van der Waals surface area contributed by atoms with Gasteiger partial charge in [0, 0.05) is 23.4 Å². The molecule has 1 aromatic heterocycles. The normalized spacial score (nSPS) is 10.5. The third-order valence-electron chi connectivity index (χ3n) is 3.61. The smallest absolute Gasteiger partial charge is 0.254 e. The van der Waals surface area contributed by atoms with Crippen LogP contribution in [0.1, 0.15) is 34.6 Å². The van der Waals surface area contributed by atoms with E-state index < -0.39 is 0 Å². The summed E-state index contributed by atoms with van der Waals surface area (Å²) in [5.74, 6) is 0.485. The molecule has 22 heavy (non-hydrogen) atoms. The first-order chi connectivity index (χ1) is 10.4. The standard InChI is InChI=1S/C17H21N3O2/c1-10-5-6-11(2)15(9-10)20-16(21)8-7-14-12(3)18-13(4)19-17(14)22/h5-6,9H,7-8H2,1-4H3,(H,20,21)(H,18,19,22). The van der Waals surface area contributed by atoms with Crippen LogP contribution in [0.3, 0.4) is 0 Å². The summed E-state index contributed by atoms with van der Waals surface area (Å²) in [6.45, 7) is 7.47. The Morgan fingerprint density at radius 2 is 1.95 bits per heavy atom. The number of carbonyl (C=O) groups is 1. The molecule has 1 amide bonds. The molecule has 0 fully saturated rings. The van der Waals surface area contributed by atoms with Crippen LogP contribution in [0.4, 0.5) is 5.69 Å². The van der Waals surface area contributed by atoms with Crippen LogP contribution in [0.15, 0.2) is 23.0 Å². The molecule has 0 aliphatic carbocycles. The second-order valence-corrected chi connectivity index (χ2v) is 5.58. The van der Waals surface area contributed by atoms with Crippen LogP contribution in [-0.2, 0) is 11.2 Å². The molecule has 0 aliphatic rings. The summed E-state index contributed by atoms with van der Waals surface area (Å²) >= 11 is 0. The molecule has 0 bridgehead atoms. The van der Waals surface area contributed by atoms with Crippen molar-refractivity contribution in [1.82, 2.24) is 9.97 Å². The summed E-state index contributed by atoms with van der Waals surface area (Å²) < 4.78 is 0. The molecule has 1 aromatic carbocycles. The van der Waals surface area contributed by atoms with Crippen LogP contribution >= 0.6 is 0 Å². The number of carbonyl (C=O) groups excluding carboxylic acids is 1. The van der Waals surface area contributed by atoms with Gasteiger partial charge >= 0.3 is 0 Å². The molecule has 0 saturated carbocycles. The Hall–Kier alpha value is -2.43. The second kappa shape index (κ2) is 6.56. The van der Waals surface area contributed by atoms with Crippen molar-refractivity contribution in [2.24, 2.45) is 0 Å². The molecular formula is C17H21N3O2. The van der Waals surface area contributed by atoms with Gasteiger partial charge in [0.15, 0.2) is 0 Å². The summed E-state index contributed by atoms with van der Waals surface area (Å²) in [6, 6.07) is 5.92. The van der Waals surface area contributed by atoms with E-state index in [0.717, 1.165) is 16.8 Å². The van der Waals surface area contributed by atoms with Gasteiger partial charge in [-0.15, -0.1) is 0 Å². The molecule has 0 unspecified atom stereocenters. The molecule has 2 N–H and O–H groups in total. The quantitative estimate of drug-likeness (QED) is 0.911. The Morgan fingerprint density at radius 3 is 2.64 bits per heavy atom. The molecule has 116 valence electrons. The maximum atomic E-state index is 12.1. The minimum Gasteiger partial charge on any atom is -0.326 e. The van der Waals surface area contributed by atoms with Crippen molar-refractivity contribution in [2.75, 3.05) is 5.32 Å². The Morgan fingerprint density at radius 1 is 1.23 bits per heavy atom. The predicted molar refractivity (Wildman–Crippen MR) is 87.2 cm³/mol. The average molecular weight is 299 g/mol. The molecule has 0 aliphatic heterocycles. The van der Waals surface area contributed by atoms with Gasteiger partial charge in [0.2, 0.25) is 5.91 Å². The largest absolute Gasteiger partial charge is 0.326 e. The fourth-order valence-electron chi connectivity index (χ4n) is 2.37. The van der Waals surface area contributed by atoms with Crippen molar-refractivity contribution in [3.8, 4) is 0 Å². The van der Waals surface area contributed by atoms with Gasteiger partial charge < -0.3 is 10.3 Å². The maximum absolute atomic E-state index is 12.1. The number of rotatable bonds is 4. The SMILES string of the molecule is Cc1ccc(C)c(NC(=O)CCc2c(C)nc(C)[nH]c2=O)c1. The Bertz CT molecular complexity index is 763. The van der Waals surface area contributed by atoms with Crippen LogP contribution < -0.4 is 10.9 Å². The van der Waals surface area contributed by atoms with E-state index in [4.69, 9.17) is 0 Å². The molecule has 1 heterocycles. The molecule has 2 aromatic rings. The van der Waals surface area contributed by atoms with E-state index in [0.29, 0.717) is 23.5 Å². The summed E-state index contributed by atoms with van der Waals surface area (Å²) in [6.07, 6.45) is 0.632. The lowest BCUT2D eigenvalue weighted by atomic mass is 10.1. The van der Waals surface area contributed by atoms with Crippen LogP contribution in [0.2, 0.25) is 0 Å². The van der Waals surface area contributed by atoms with Gasteiger partial charge in [0.1, 0.15) is 5.82 Å². The van der Waals surface area contributed by atoms with Crippen molar-refractivity contribution < 1.29 is 4.79 Å². The highest BCUT2D eigenvalue weighted by atomic mass is 16.1. The van der Waals surface area contributed by atoms with Crippen LogP contribution in [-0.4, -0.2) is 15.9 Å². The van der Waals surface area contributed by atoms with Gasteiger partial charge in [0.25, 0.3) is 5.56 Å². The third kappa shape index (κ3) is 3.81. The molecule has 2 rings (SSSR count). The molecular weight excluding hydrogens is 278 g/mol. The number of aryl methyl sites for hydroxylation is 4. The summed E-state index contributed by atoms with van der Waals surface area (Å²) in [5, 5.41) is 2.90. The summed E-state index contributed by atoms with van der Waals surface area (Å²) in [4.78, 5) is 30.9. The van der Waals surface area contributed by atoms with Crippen LogP contribution in [0.25, 0.3) is 0 Å². The Kier molecular flexibility index (Phi) is 4.75. The second-order valence-electron chi connectivity index (χ2n) is 5.58. The first-order valence-electron chi connectivity index (χ1n) is 7.30. The number of benzene rings is 1. The highest BCUT2D eigenvalue weighted by Gasteiger charge is 2.10. The first kappa shape index (κ1) is 15.9. The van der Waals surface area contributed by atoms with E-state index in [9.17, 15) is 9.59 Å². The average Bonchev–Trinajstić information content (AvgIpc) is 2.41. The maximum Gasteiger partial charge on any atom is 0.254 e. The Labute approximate surface area is 129 Å². The van der Waals surface area contributed by atoms with Gasteiger partial charge in [-0.05, 0) is 51.3 Å². The van der Waals surface area contributed by atoms with Crippen molar-refractivity contribution in [1.29, 1.82) is 0 Å². The third-order valence-corrected chi connectivity index (χ3v) is 3.61. The van der Waals surface area contributed by atoms with E-state index in [1.165, 1.54) is 0 Å². The minimum atomic E-state index is -0.162. The predicted octanol–water partition coefficient (Wildman–Crippen LogP) is 2.57. The Balaban J connectivity index is 2.05. The lowest BCUT2D eigenvalue weighted by Crippen LogP contribution is -2.20. The zero-order chi connectivity index (χ0) is 16.3. The number of nitrogens with zero attached hydrogens (tertiary/aromatic N) is 1. The molecule has 0 atom stereocenters. The van der Waals surface area contributed by atoms with Gasteiger partial charge in [0.05, 0.1) is 0 Å². The number of hydrogen-bond donors (Lipinski definition) is 2. The van der Waals surface area contributed by atoms with Crippen LogP contribution in [0, 0.1) is 27.7 Å². The summed E-state index contributed by atoms with van der Waals surface area (Å²) in [7, 11) is 0. The fourth-order valence-corrected chi connectivity index (χ4v) is 2.37. The van der Waals surface area contributed by atoms with E-state index in [-0.39, 0.29) is 17.9 Å².